The molecule has 0 aliphatic heterocycles. The van der Waals surface area contributed by atoms with Crippen LogP contribution in [-0.4, -0.2) is 15.3 Å². The molecule has 0 saturated carbocycles. The van der Waals surface area contributed by atoms with Crippen molar-refractivity contribution in [3.63, 3.8) is 0 Å². The number of para-hydroxylation sites is 1. The van der Waals surface area contributed by atoms with Crippen molar-refractivity contribution in [2.45, 2.75) is 6.92 Å². The Morgan fingerprint density at radius 3 is 2.92 bits per heavy atom. The molecular weight excluding hydrogens is 306 g/mol. The fourth-order valence-corrected chi connectivity index (χ4v) is 2.67. The fourth-order valence-electron chi connectivity index (χ4n) is 2.67. The van der Waals surface area contributed by atoms with E-state index < -0.39 is 11.5 Å². The van der Waals surface area contributed by atoms with Crippen LogP contribution in [-0.2, 0) is 0 Å². The number of amides is 1. The summed E-state index contributed by atoms with van der Waals surface area (Å²) >= 11 is 0. The molecule has 4 aromatic rings. The molecule has 0 atom stereocenters. The fraction of sp³-hybridized carbons (Fsp3) is 0.0556. The van der Waals surface area contributed by atoms with Crippen LogP contribution in [0.15, 0.2) is 64.1 Å². The Labute approximate surface area is 136 Å². The monoisotopic (exact) mass is 319 g/mol. The van der Waals surface area contributed by atoms with E-state index in [1.54, 1.807) is 42.6 Å². The Balaban J connectivity index is 1.74. The maximum atomic E-state index is 12.5. The molecule has 3 heterocycles. The van der Waals surface area contributed by atoms with Crippen LogP contribution in [0.4, 0.5) is 5.69 Å². The number of carbonyl (C=O) groups excluding carboxylic acids is 1. The highest BCUT2D eigenvalue weighted by Gasteiger charge is 2.15. The van der Waals surface area contributed by atoms with Crippen LogP contribution in [0.5, 0.6) is 0 Å². The van der Waals surface area contributed by atoms with Crippen molar-refractivity contribution in [1.29, 1.82) is 0 Å². The van der Waals surface area contributed by atoms with Crippen LogP contribution >= 0.6 is 0 Å². The minimum absolute atomic E-state index is 0.0289. The molecule has 6 heteroatoms. The van der Waals surface area contributed by atoms with E-state index in [-0.39, 0.29) is 5.56 Å². The van der Waals surface area contributed by atoms with E-state index in [0.717, 1.165) is 11.3 Å². The summed E-state index contributed by atoms with van der Waals surface area (Å²) in [5.74, 6) is -0.503. The Morgan fingerprint density at radius 2 is 2.04 bits per heavy atom. The lowest BCUT2D eigenvalue weighted by Crippen LogP contribution is -2.21. The third-order valence-corrected chi connectivity index (χ3v) is 3.95. The number of nitrogens with one attached hydrogen (secondary N) is 1. The second-order valence-electron chi connectivity index (χ2n) is 5.43. The van der Waals surface area contributed by atoms with Gasteiger partial charge in [-0.15, -0.1) is 0 Å². The molecule has 0 aliphatic rings. The first-order valence-electron chi connectivity index (χ1n) is 7.40. The number of carbonyl (C=O) groups is 1. The number of aryl methyl sites for hydroxylation is 1. The van der Waals surface area contributed by atoms with E-state index in [9.17, 15) is 9.59 Å². The van der Waals surface area contributed by atoms with E-state index in [0.29, 0.717) is 16.7 Å². The van der Waals surface area contributed by atoms with Gasteiger partial charge in [-0.2, -0.15) is 0 Å². The molecule has 0 spiro atoms. The number of rotatable bonds is 2. The number of imidazole rings is 1. The molecule has 3 aromatic heterocycles. The molecule has 1 aromatic carbocycles. The van der Waals surface area contributed by atoms with Gasteiger partial charge in [-0.25, -0.2) is 9.78 Å². The van der Waals surface area contributed by atoms with Crippen LogP contribution < -0.4 is 10.9 Å². The van der Waals surface area contributed by atoms with E-state index in [1.807, 2.05) is 23.6 Å². The SMILES string of the molecule is Cc1c(NC(=O)c2cc3ccccc3oc2=O)ccc2nccn12. The third kappa shape index (κ3) is 2.25. The summed E-state index contributed by atoms with van der Waals surface area (Å²) in [6.07, 6.45) is 3.50. The number of fused-ring (bicyclic) bond motifs is 2. The van der Waals surface area contributed by atoms with Crippen LogP contribution in [0.2, 0.25) is 0 Å². The molecule has 1 amide bonds. The molecule has 0 aliphatic carbocycles. The lowest BCUT2D eigenvalue weighted by molar-refractivity contribution is 0.102. The molecular formula is C18H13N3O3. The van der Waals surface area contributed by atoms with Gasteiger partial charge >= 0.3 is 5.63 Å². The van der Waals surface area contributed by atoms with E-state index in [2.05, 4.69) is 10.3 Å². The number of hydrogen-bond acceptors (Lipinski definition) is 4. The second-order valence-corrected chi connectivity index (χ2v) is 5.43. The number of pyridine rings is 1. The summed E-state index contributed by atoms with van der Waals surface area (Å²) in [6, 6.07) is 12.2. The second kappa shape index (κ2) is 5.34. The number of anilines is 1. The van der Waals surface area contributed by atoms with Crippen molar-refractivity contribution in [2.24, 2.45) is 0 Å². The van der Waals surface area contributed by atoms with Crippen molar-refractivity contribution in [3.05, 3.63) is 76.5 Å². The summed E-state index contributed by atoms with van der Waals surface area (Å²) in [4.78, 5) is 28.8. The molecule has 0 bridgehead atoms. The lowest BCUT2D eigenvalue weighted by atomic mass is 10.1. The summed E-state index contributed by atoms with van der Waals surface area (Å²) in [7, 11) is 0. The van der Waals surface area contributed by atoms with Gasteiger partial charge in [0.15, 0.2) is 0 Å². The molecule has 6 nitrogen and oxygen atoms in total. The zero-order chi connectivity index (χ0) is 16.7. The van der Waals surface area contributed by atoms with Crippen LogP contribution in [0, 0.1) is 6.92 Å². The molecule has 24 heavy (non-hydrogen) atoms. The summed E-state index contributed by atoms with van der Waals surface area (Å²) in [6.45, 7) is 1.87. The summed E-state index contributed by atoms with van der Waals surface area (Å²) in [5, 5.41) is 3.46. The molecule has 4 rings (SSSR count). The Morgan fingerprint density at radius 1 is 1.21 bits per heavy atom. The zero-order valence-corrected chi connectivity index (χ0v) is 12.8. The Bertz CT molecular complexity index is 1140. The first-order chi connectivity index (χ1) is 11.6. The van der Waals surface area contributed by atoms with Crippen molar-refractivity contribution in [2.75, 3.05) is 5.32 Å². The summed E-state index contributed by atoms with van der Waals surface area (Å²) in [5.41, 5.74) is 1.98. The molecule has 0 saturated heterocycles. The highest BCUT2D eigenvalue weighted by atomic mass is 16.4. The van der Waals surface area contributed by atoms with Crippen molar-refractivity contribution in [1.82, 2.24) is 9.38 Å². The average Bonchev–Trinajstić information content (AvgIpc) is 3.06. The highest BCUT2D eigenvalue weighted by molar-refractivity contribution is 6.05. The molecule has 0 fully saturated rings. The minimum atomic E-state index is -0.660. The number of hydrogen-bond donors (Lipinski definition) is 1. The molecule has 0 unspecified atom stereocenters. The van der Waals surface area contributed by atoms with Gasteiger partial charge in [0.05, 0.1) is 5.69 Å². The Kier molecular flexibility index (Phi) is 3.16. The van der Waals surface area contributed by atoms with Gasteiger partial charge in [0, 0.05) is 23.5 Å². The molecule has 118 valence electrons. The predicted molar refractivity (Wildman–Crippen MR) is 90.4 cm³/mol. The average molecular weight is 319 g/mol. The van der Waals surface area contributed by atoms with Gasteiger partial charge in [0.1, 0.15) is 16.8 Å². The normalized spacial score (nSPS) is 11.0. The standard InChI is InChI=1S/C18H13N3O3/c1-11-14(6-7-16-19-8-9-21(11)16)20-17(22)13-10-12-4-2-3-5-15(12)24-18(13)23/h2-10H,1H3,(H,20,22). The maximum absolute atomic E-state index is 12.5. The zero-order valence-electron chi connectivity index (χ0n) is 12.8. The molecule has 0 radical (unpaired) electrons. The first-order valence-corrected chi connectivity index (χ1v) is 7.40. The van der Waals surface area contributed by atoms with Gasteiger partial charge in [0.2, 0.25) is 0 Å². The topological polar surface area (TPSA) is 76.6 Å². The van der Waals surface area contributed by atoms with E-state index in [4.69, 9.17) is 4.42 Å². The van der Waals surface area contributed by atoms with Crippen LogP contribution in [0.25, 0.3) is 16.6 Å². The quantitative estimate of drug-likeness (QED) is 0.576. The largest absolute Gasteiger partial charge is 0.422 e. The van der Waals surface area contributed by atoms with Crippen molar-refractivity contribution in [3.8, 4) is 0 Å². The smallest absolute Gasteiger partial charge is 0.349 e. The lowest BCUT2D eigenvalue weighted by Gasteiger charge is -2.10. The molecule has 1 N–H and O–H groups in total. The van der Waals surface area contributed by atoms with E-state index >= 15 is 0 Å². The first kappa shape index (κ1) is 14.2. The van der Waals surface area contributed by atoms with Crippen LogP contribution in [0.3, 0.4) is 0 Å². The Hall–Kier alpha value is -3.41. The van der Waals surface area contributed by atoms with Gasteiger partial charge in [-0.05, 0) is 31.2 Å². The minimum Gasteiger partial charge on any atom is -0.422 e. The van der Waals surface area contributed by atoms with Gasteiger partial charge < -0.3 is 14.1 Å². The third-order valence-electron chi connectivity index (χ3n) is 3.95. The van der Waals surface area contributed by atoms with Crippen molar-refractivity contribution >= 4 is 28.2 Å². The maximum Gasteiger partial charge on any atom is 0.349 e. The van der Waals surface area contributed by atoms with E-state index in [1.165, 1.54) is 0 Å². The van der Waals surface area contributed by atoms with Crippen LogP contribution in [0.1, 0.15) is 16.1 Å². The number of benzene rings is 1. The van der Waals surface area contributed by atoms with Gasteiger partial charge in [-0.1, -0.05) is 18.2 Å². The van der Waals surface area contributed by atoms with Crippen molar-refractivity contribution < 1.29 is 9.21 Å². The number of nitrogens with zero attached hydrogens (tertiary/aromatic N) is 2. The predicted octanol–water partition coefficient (Wildman–Crippen LogP) is 3.00. The summed E-state index contributed by atoms with van der Waals surface area (Å²) < 4.78 is 7.07. The highest BCUT2D eigenvalue weighted by Crippen LogP contribution is 2.18. The van der Waals surface area contributed by atoms with Gasteiger partial charge in [-0.3, -0.25) is 4.79 Å². The number of aromatic nitrogens is 2. The van der Waals surface area contributed by atoms with Gasteiger partial charge in [0.25, 0.3) is 5.91 Å².